The number of halogens is 3. The third kappa shape index (κ3) is 4.35. The van der Waals surface area contributed by atoms with Crippen molar-refractivity contribution in [3.05, 3.63) is 35.9 Å². The van der Waals surface area contributed by atoms with Crippen molar-refractivity contribution in [3.8, 4) is 6.07 Å². The molecule has 2 N–H and O–H groups in total. The molecule has 2 unspecified atom stereocenters. The van der Waals surface area contributed by atoms with Crippen LogP contribution in [0.15, 0.2) is 30.3 Å². The van der Waals surface area contributed by atoms with Crippen molar-refractivity contribution in [2.75, 3.05) is 13.1 Å². The predicted molar refractivity (Wildman–Crippen MR) is 59.7 cm³/mol. The molecule has 0 radical (unpaired) electrons. The molecule has 0 aromatic heterocycles. The maximum Gasteiger partial charge on any atom is 0.415 e. The minimum Gasteiger partial charge on any atom is -0.382 e. The van der Waals surface area contributed by atoms with Crippen LogP contribution in [-0.4, -0.2) is 30.5 Å². The van der Waals surface area contributed by atoms with E-state index < -0.39 is 24.7 Å². The molecule has 0 heterocycles. The minimum absolute atomic E-state index is 0.0631. The first kappa shape index (κ1) is 14.5. The van der Waals surface area contributed by atoms with Gasteiger partial charge in [-0.1, -0.05) is 30.3 Å². The zero-order chi connectivity index (χ0) is 13.6. The number of aliphatic hydroxyl groups is 1. The highest BCUT2D eigenvalue weighted by Crippen LogP contribution is 2.19. The molecule has 1 aromatic rings. The number of nitriles is 1. The van der Waals surface area contributed by atoms with Crippen LogP contribution in [0.25, 0.3) is 0 Å². The molecule has 98 valence electrons. The first-order chi connectivity index (χ1) is 8.45. The molecule has 1 aromatic carbocycles. The van der Waals surface area contributed by atoms with Gasteiger partial charge in [-0.3, -0.25) is 0 Å². The average molecular weight is 258 g/mol. The van der Waals surface area contributed by atoms with Crippen LogP contribution < -0.4 is 5.32 Å². The van der Waals surface area contributed by atoms with Gasteiger partial charge in [0, 0.05) is 13.1 Å². The van der Waals surface area contributed by atoms with Crippen LogP contribution in [0.5, 0.6) is 0 Å². The third-order valence-corrected chi connectivity index (χ3v) is 2.42. The van der Waals surface area contributed by atoms with E-state index in [0.29, 0.717) is 0 Å². The van der Waals surface area contributed by atoms with E-state index in [1.54, 1.807) is 30.3 Å². The van der Waals surface area contributed by atoms with Crippen LogP contribution in [0.3, 0.4) is 0 Å². The highest BCUT2D eigenvalue weighted by Gasteiger charge is 2.37. The molecular formula is C12H13F3N2O. The van der Waals surface area contributed by atoms with Crippen LogP contribution in [0, 0.1) is 11.3 Å². The SMILES string of the molecule is N#CC(CNCC(O)C(F)(F)F)c1ccccc1. The topological polar surface area (TPSA) is 56.0 Å². The lowest BCUT2D eigenvalue weighted by Gasteiger charge is -2.16. The quantitative estimate of drug-likeness (QED) is 0.846. The summed E-state index contributed by atoms with van der Waals surface area (Å²) in [6, 6.07) is 10.8. The van der Waals surface area contributed by atoms with Gasteiger partial charge < -0.3 is 10.4 Å². The summed E-state index contributed by atoms with van der Waals surface area (Å²) in [5.41, 5.74) is 0.731. The fourth-order valence-electron chi connectivity index (χ4n) is 1.40. The van der Waals surface area contributed by atoms with Crippen LogP contribution >= 0.6 is 0 Å². The van der Waals surface area contributed by atoms with Crippen LogP contribution in [-0.2, 0) is 0 Å². The fourth-order valence-corrected chi connectivity index (χ4v) is 1.40. The van der Waals surface area contributed by atoms with Gasteiger partial charge in [-0.2, -0.15) is 18.4 Å². The van der Waals surface area contributed by atoms with Crippen molar-refractivity contribution in [2.24, 2.45) is 0 Å². The van der Waals surface area contributed by atoms with Gasteiger partial charge >= 0.3 is 6.18 Å². The lowest BCUT2D eigenvalue weighted by Crippen LogP contribution is -2.39. The van der Waals surface area contributed by atoms with Crippen LogP contribution in [0.1, 0.15) is 11.5 Å². The van der Waals surface area contributed by atoms with E-state index in [9.17, 15) is 13.2 Å². The number of hydrogen-bond donors (Lipinski definition) is 2. The first-order valence-electron chi connectivity index (χ1n) is 5.35. The monoisotopic (exact) mass is 258 g/mol. The molecule has 6 heteroatoms. The Morgan fingerprint density at radius 3 is 2.33 bits per heavy atom. The molecule has 3 nitrogen and oxygen atoms in total. The molecule has 0 spiro atoms. The van der Waals surface area contributed by atoms with E-state index >= 15 is 0 Å². The lowest BCUT2D eigenvalue weighted by molar-refractivity contribution is -0.201. The second-order valence-corrected chi connectivity index (χ2v) is 3.81. The summed E-state index contributed by atoms with van der Waals surface area (Å²) in [7, 11) is 0. The smallest absolute Gasteiger partial charge is 0.382 e. The summed E-state index contributed by atoms with van der Waals surface area (Å²) in [5.74, 6) is -0.536. The highest BCUT2D eigenvalue weighted by molar-refractivity contribution is 5.24. The number of alkyl halides is 3. The number of nitrogens with zero attached hydrogens (tertiary/aromatic N) is 1. The Kier molecular flexibility index (Phi) is 5.13. The van der Waals surface area contributed by atoms with Gasteiger partial charge in [0.05, 0.1) is 12.0 Å². The van der Waals surface area contributed by atoms with Gasteiger partial charge in [0.2, 0.25) is 0 Å². The molecule has 0 aliphatic rings. The minimum atomic E-state index is -4.64. The maximum atomic E-state index is 12.0. The van der Waals surface area contributed by atoms with E-state index in [-0.39, 0.29) is 6.54 Å². The zero-order valence-electron chi connectivity index (χ0n) is 9.48. The standard InChI is InChI=1S/C12H13F3N2O/c13-12(14,15)11(18)8-17-7-10(6-16)9-4-2-1-3-5-9/h1-5,10-11,17-18H,7-8H2. The van der Waals surface area contributed by atoms with Crippen LogP contribution in [0.2, 0.25) is 0 Å². The molecule has 0 aliphatic carbocycles. The Morgan fingerprint density at radius 2 is 1.83 bits per heavy atom. The van der Waals surface area contributed by atoms with E-state index in [2.05, 4.69) is 5.32 Å². The van der Waals surface area contributed by atoms with E-state index in [4.69, 9.17) is 10.4 Å². The molecule has 18 heavy (non-hydrogen) atoms. The third-order valence-electron chi connectivity index (χ3n) is 2.42. The number of rotatable bonds is 5. The Hall–Kier alpha value is -1.58. The highest BCUT2D eigenvalue weighted by atomic mass is 19.4. The number of benzene rings is 1. The van der Waals surface area contributed by atoms with E-state index in [0.717, 1.165) is 5.56 Å². The largest absolute Gasteiger partial charge is 0.415 e. The second-order valence-electron chi connectivity index (χ2n) is 3.81. The first-order valence-corrected chi connectivity index (χ1v) is 5.35. The summed E-state index contributed by atoms with van der Waals surface area (Å²) < 4.78 is 36.1. The molecule has 0 saturated heterocycles. The lowest BCUT2D eigenvalue weighted by atomic mass is 10.0. The van der Waals surface area contributed by atoms with Gasteiger partial charge in [-0.05, 0) is 5.56 Å². The summed E-state index contributed by atoms with van der Waals surface area (Å²) in [5, 5.41) is 20.1. The zero-order valence-corrected chi connectivity index (χ0v) is 9.48. The van der Waals surface area contributed by atoms with Crippen molar-refractivity contribution >= 4 is 0 Å². The Labute approximate surface area is 103 Å². The van der Waals surface area contributed by atoms with Crippen LogP contribution in [0.4, 0.5) is 13.2 Å². The normalized spacial score (nSPS) is 14.8. The van der Waals surface area contributed by atoms with Gasteiger partial charge in [0.15, 0.2) is 6.10 Å². The van der Waals surface area contributed by atoms with Crippen molar-refractivity contribution in [1.82, 2.24) is 5.32 Å². The van der Waals surface area contributed by atoms with Gasteiger partial charge in [-0.25, -0.2) is 0 Å². The molecule has 0 bridgehead atoms. The summed E-state index contributed by atoms with van der Waals surface area (Å²) in [6.45, 7) is -0.553. The second kappa shape index (κ2) is 6.38. The molecule has 0 saturated carbocycles. The predicted octanol–water partition coefficient (Wildman–Crippen LogP) is 1.81. The van der Waals surface area contributed by atoms with Gasteiger partial charge in [-0.15, -0.1) is 0 Å². The van der Waals surface area contributed by atoms with Gasteiger partial charge in [0.25, 0.3) is 0 Å². The van der Waals surface area contributed by atoms with Gasteiger partial charge in [0.1, 0.15) is 0 Å². The Bertz CT molecular complexity index is 400. The van der Waals surface area contributed by atoms with E-state index in [1.165, 1.54) is 0 Å². The summed E-state index contributed by atoms with van der Waals surface area (Å²) in [4.78, 5) is 0. The Balaban J connectivity index is 2.45. The summed E-state index contributed by atoms with van der Waals surface area (Å²) >= 11 is 0. The van der Waals surface area contributed by atoms with Crippen molar-refractivity contribution < 1.29 is 18.3 Å². The molecule has 0 fully saturated rings. The fraction of sp³-hybridized carbons (Fsp3) is 0.417. The molecule has 0 amide bonds. The van der Waals surface area contributed by atoms with Crippen molar-refractivity contribution in [1.29, 1.82) is 5.26 Å². The van der Waals surface area contributed by atoms with E-state index in [1.807, 2.05) is 6.07 Å². The molecule has 1 rings (SSSR count). The number of nitrogens with one attached hydrogen (secondary N) is 1. The average Bonchev–Trinajstić information content (AvgIpc) is 2.34. The van der Waals surface area contributed by atoms with Crippen molar-refractivity contribution in [2.45, 2.75) is 18.2 Å². The Morgan fingerprint density at radius 1 is 1.22 bits per heavy atom. The molecular weight excluding hydrogens is 245 g/mol. The number of hydrogen-bond acceptors (Lipinski definition) is 3. The molecule has 2 atom stereocenters. The number of aliphatic hydroxyl groups excluding tert-OH is 1. The van der Waals surface area contributed by atoms with Crippen molar-refractivity contribution in [3.63, 3.8) is 0 Å². The molecule has 0 aliphatic heterocycles. The summed E-state index contributed by atoms with van der Waals surface area (Å²) in [6.07, 6.45) is -7.05. The maximum absolute atomic E-state index is 12.0.